The van der Waals surface area contributed by atoms with Gasteiger partial charge in [0.1, 0.15) is 28.9 Å². The molecule has 0 radical (unpaired) electrons. The van der Waals surface area contributed by atoms with Crippen molar-refractivity contribution in [3.8, 4) is 5.75 Å². The third-order valence-corrected chi connectivity index (χ3v) is 8.04. The van der Waals surface area contributed by atoms with E-state index in [9.17, 15) is 22.8 Å². The van der Waals surface area contributed by atoms with Crippen LogP contribution < -0.4 is 15.9 Å². The van der Waals surface area contributed by atoms with Gasteiger partial charge in [-0.25, -0.2) is 0 Å². The highest BCUT2D eigenvalue weighted by atomic mass is 19.4. The molecule has 1 aromatic heterocycles. The third kappa shape index (κ3) is 4.52. The zero-order valence-corrected chi connectivity index (χ0v) is 22.4. The second kappa shape index (κ2) is 9.66. The van der Waals surface area contributed by atoms with E-state index in [1.807, 2.05) is 4.90 Å². The summed E-state index contributed by atoms with van der Waals surface area (Å²) in [6, 6.07) is 5.67. The monoisotopic (exact) mass is 569 g/mol. The molecule has 2 fully saturated rings. The smallest absolute Gasteiger partial charge is 0.433 e. The summed E-state index contributed by atoms with van der Waals surface area (Å²) in [5, 5.41) is 6.15. The van der Waals surface area contributed by atoms with Crippen LogP contribution in [0.1, 0.15) is 47.3 Å². The summed E-state index contributed by atoms with van der Waals surface area (Å²) in [7, 11) is 2.59. The van der Waals surface area contributed by atoms with Gasteiger partial charge >= 0.3 is 6.18 Å². The second-order valence-electron chi connectivity index (χ2n) is 10.5. The minimum absolute atomic E-state index is 0.0178. The van der Waals surface area contributed by atoms with Gasteiger partial charge in [-0.15, -0.1) is 4.59 Å². The van der Waals surface area contributed by atoms with Gasteiger partial charge in [-0.3, -0.25) is 19.3 Å². The highest BCUT2D eigenvalue weighted by Crippen LogP contribution is 2.41. The molecule has 3 N–H and O–H groups in total. The number of carbonyl (C=O) groups excluding carboxylic acids is 2. The maximum atomic E-state index is 13.1. The lowest BCUT2D eigenvalue weighted by molar-refractivity contribution is -0.750. The number of aryl methyl sites for hydroxylation is 1. The van der Waals surface area contributed by atoms with Gasteiger partial charge in [0, 0.05) is 43.6 Å². The first-order chi connectivity index (χ1) is 19.5. The highest BCUT2D eigenvalue weighted by Gasteiger charge is 2.48. The average molecular weight is 570 g/mol. The van der Waals surface area contributed by atoms with Crippen LogP contribution in [0.15, 0.2) is 58.0 Å². The molecule has 2 saturated heterocycles. The predicted molar refractivity (Wildman–Crippen MR) is 142 cm³/mol. The number of alkyl halides is 3. The van der Waals surface area contributed by atoms with Crippen molar-refractivity contribution in [2.45, 2.75) is 37.9 Å². The van der Waals surface area contributed by atoms with Crippen molar-refractivity contribution in [3.05, 3.63) is 64.9 Å². The molecule has 3 atom stereocenters. The van der Waals surface area contributed by atoms with E-state index in [4.69, 9.17) is 15.6 Å². The Kier molecular flexibility index (Phi) is 6.34. The number of hydrogen-bond donors (Lipinski definition) is 2. The minimum atomic E-state index is -4.61. The summed E-state index contributed by atoms with van der Waals surface area (Å²) in [6.45, 7) is 0.566. The van der Waals surface area contributed by atoms with E-state index >= 15 is 0 Å². The molecule has 0 aliphatic carbocycles. The van der Waals surface area contributed by atoms with Crippen LogP contribution in [0.25, 0.3) is 0 Å². The number of fused-ring (bicyclic) bond motifs is 2. The maximum Gasteiger partial charge on any atom is 0.433 e. The van der Waals surface area contributed by atoms with Crippen LogP contribution in [-0.2, 0) is 18.0 Å². The number of nitrogens with zero attached hydrogens (tertiary/aromatic N) is 6. The fraction of sp³-hybridized carbons (Fsp3) is 0.370. The third-order valence-electron chi connectivity index (χ3n) is 8.04. The number of hydrogen-bond acceptors (Lipinski definition) is 7. The molecule has 2 aromatic rings. The lowest BCUT2D eigenvalue weighted by Crippen LogP contribution is -2.53. The SMILES string of the molecule is COc1cc(C(=O)Nc2cc(C(F)(F)F)n(C)n2)ccc1C1=NC([C@@H]2CC[C@H]3CCC(=O)N3C2)=C2C=NC=C[N+]12N. The van der Waals surface area contributed by atoms with E-state index in [0.717, 1.165) is 38.1 Å². The van der Waals surface area contributed by atoms with Crippen molar-refractivity contribution in [3.63, 3.8) is 0 Å². The van der Waals surface area contributed by atoms with Gasteiger partial charge in [0.05, 0.1) is 19.5 Å². The quantitative estimate of drug-likeness (QED) is 0.422. The number of aliphatic imine (C=N–C) groups is 2. The lowest BCUT2D eigenvalue weighted by Gasteiger charge is -2.35. The molecule has 11 nitrogen and oxygen atoms in total. The van der Waals surface area contributed by atoms with E-state index in [1.165, 1.54) is 19.2 Å². The summed E-state index contributed by atoms with van der Waals surface area (Å²) in [6.07, 6.45) is 3.56. The summed E-state index contributed by atoms with van der Waals surface area (Å²) in [4.78, 5) is 36.6. The zero-order chi connectivity index (χ0) is 29.1. The van der Waals surface area contributed by atoms with Gasteiger partial charge in [-0.1, -0.05) is 0 Å². The Hall–Kier alpha value is -4.30. The molecule has 14 heteroatoms. The molecule has 1 unspecified atom stereocenters. The van der Waals surface area contributed by atoms with E-state index < -0.39 is 17.8 Å². The Morgan fingerprint density at radius 3 is 2.76 bits per heavy atom. The van der Waals surface area contributed by atoms with Crippen LogP contribution in [0.5, 0.6) is 5.75 Å². The fourth-order valence-electron chi connectivity index (χ4n) is 5.98. The van der Waals surface area contributed by atoms with Gasteiger partial charge in [0.25, 0.3) is 11.7 Å². The number of nitrogens with one attached hydrogen (secondary N) is 1. The van der Waals surface area contributed by atoms with Crippen LogP contribution in [0.3, 0.4) is 0 Å². The normalized spacial score (nSPS) is 25.4. The van der Waals surface area contributed by atoms with Crippen LogP contribution in [0.4, 0.5) is 19.0 Å². The van der Waals surface area contributed by atoms with E-state index in [0.29, 0.717) is 40.5 Å². The zero-order valence-electron chi connectivity index (χ0n) is 22.4. The Morgan fingerprint density at radius 2 is 2.02 bits per heavy atom. The number of halogens is 3. The molecule has 0 bridgehead atoms. The number of amidine groups is 1. The first-order valence-electron chi connectivity index (χ1n) is 13.1. The molecule has 214 valence electrons. The van der Waals surface area contributed by atoms with Crippen molar-refractivity contribution in [1.29, 1.82) is 0 Å². The van der Waals surface area contributed by atoms with Crippen LogP contribution in [0.2, 0.25) is 0 Å². The maximum absolute atomic E-state index is 13.1. The van der Waals surface area contributed by atoms with Crippen molar-refractivity contribution in [1.82, 2.24) is 14.7 Å². The number of amides is 2. The number of aromatic nitrogens is 2. The topological polar surface area (TPSA) is 127 Å². The van der Waals surface area contributed by atoms with Crippen molar-refractivity contribution >= 4 is 29.7 Å². The van der Waals surface area contributed by atoms with Gasteiger partial charge in [-0.2, -0.15) is 29.1 Å². The van der Waals surface area contributed by atoms with Gasteiger partial charge in [0.15, 0.2) is 5.82 Å². The number of ether oxygens (including phenoxy) is 1. The number of carbonyl (C=O) groups is 2. The molecule has 0 spiro atoms. The molecule has 6 rings (SSSR count). The molecule has 4 aliphatic rings. The first-order valence-corrected chi connectivity index (χ1v) is 13.1. The molecular formula is C27H28F3N8O3+. The average Bonchev–Trinajstić information content (AvgIpc) is 3.60. The molecule has 1 aromatic carbocycles. The number of rotatable bonds is 5. The van der Waals surface area contributed by atoms with Gasteiger partial charge in [0.2, 0.25) is 11.6 Å². The van der Waals surface area contributed by atoms with E-state index in [-0.39, 0.29) is 33.8 Å². The van der Waals surface area contributed by atoms with Gasteiger partial charge < -0.3 is 15.0 Å². The molecule has 2 amide bonds. The Bertz CT molecular complexity index is 1570. The van der Waals surface area contributed by atoms with Crippen LogP contribution in [-0.4, -0.2) is 62.8 Å². The Morgan fingerprint density at radius 1 is 1.22 bits per heavy atom. The van der Waals surface area contributed by atoms with Crippen LogP contribution >= 0.6 is 0 Å². The predicted octanol–water partition coefficient (Wildman–Crippen LogP) is 3.32. The number of methoxy groups -OCH3 is 1. The van der Waals surface area contributed by atoms with Gasteiger partial charge in [-0.05, 0) is 37.5 Å². The fourth-order valence-corrected chi connectivity index (χ4v) is 5.98. The Balaban J connectivity index is 1.30. The number of piperidine rings is 1. The first kappa shape index (κ1) is 26.9. The summed E-state index contributed by atoms with van der Waals surface area (Å²) in [5.74, 6) is 6.90. The van der Waals surface area contributed by atoms with Crippen molar-refractivity contribution < 1.29 is 32.1 Å². The molecule has 41 heavy (non-hydrogen) atoms. The molecule has 5 heterocycles. The minimum Gasteiger partial charge on any atom is -0.496 e. The summed E-state index contributed by atoms with van der Waals surface area (Å²) in [5.41, 5.74) is 1.13. The second-order valence-corrected chi connectivity index (χ2v) is 10.5. The van der Waals surface area contributed by atoms with Crippen LogP contribution in [0, 0.1) is 5.92 Å². The number of anilines is 1. The number of allylic oxidation sites excluding steroid dienone is 1. The number of quaternary nitrogens is 1. The summed E-state index contributed by atoms with van der Waals surface area (Å²) >= 11 is 0. The largest absolute Gasteiger partial charge is 0.496 e. The number of nitrogens with two attached hydrogens (primary N) is 1. The molecular weight excluding hydrogens is 541 g/mol. The highest BCUT2D eigenvalue weighted by molar-refractivity contribution is 6.07. The van der Waals surface area contributed by atoms with Crippen molar-refractivity contribution in [2.24, 2.45) is 28.8 Å². The van der Waals surface area contributed by atoms with E-state index in [1.54, 1.807) is 24.7 Å². The number of benzene rings is 1. The van der Waals surface area contributed by atoms with E-state index in [2.05, 4.69) is 15.4 Å². The lowest BCUT2D eigenvalue weighted by atomic mass is 9.90. The molecule has 0 saturated carbocycles. The molecule has 4 aliphatic heterocycles. The summed E-state index contributed by atoms with van der Waals surface area (Å²) < 4.78 is 45.4. The van der Waals surface area contributed by atoms with Crippen molar-refractivity contribution in [2.75, 3.05) is 19.0 Å². The standard InChI is InChI=1S/C27H27F3N8O3/c1-36-21(27(28,29)30)12-22(35-36)33-26(40)15-4-7-18(20(11-15)41-2)25-34-24(19-13-32-9-10-38(19,25)31)16-3-5-17-6-8-23(39)37(17)14-16/h4,7,9-13,16-17H,3,5-6,8,14,31H2,1-2H3/p+1/t16-,17+,38?/m1/s1. The Labute approximate surface area is 233 Å².